The standard InChI is InChI=1S/C11H14N4O/c1-3-9-4-10(15-7-14-9)12-6-11-13-5-8(2)16-11/h4-5,7H,3,6H2,1-2H3,(H,12,14,15). The van der Waals surface area contributed by atoms with E-state index >= 15 is 0 Å². The topological polar surface area (TPSA) is 63.8 Å². The van der Waals surface area contributed by atoms with Crippen molar-refractivity contribution < 1.29 is 4.42 Å². The van der Waals surface area contributed by atoms with Crippen molar-refractivity contribution in [2.75, 3.05) is 5.32 Å². The van der Waals surface area contributed by atoms with Crippen molar-refractivity contribution in [3.05, 3.63) is 35.9 Å². The van der Waals surface area contributed by atoms with Gasteiger partial charge in [0.1, 0.15) is 17.9 Å². The summed E-state index contributed by atoms with van der Waals surface area (Å²) < 4.78 is 5.34. The van der Waals surface area contributed by atoms with Crippen molar-refractivity contribution in [2.45, 2.75) is 26.8 Å². The van der Waals surface area contributed by atoms with Crippen LogP contribution in [0.25, 0.3) is 0 Å². The Morgan fingerprint density at radius 1 is 1.31 bits per heavy atom. The lowest BCUT2D eigenvalue weighted by Crippen LogP contribution is -2.02. The third kappa shape index (κ3) is 2.56. The molecule has 5 nitrogen and oxygen atoms in total. The molecule has 84 valence electrons. The van der Waals surface area contributed by atoms with Crippen LogP contribution in [0, 0.1) is 6.92 Å². The minimum atomic E-state index is 0.536. The zero-order valence-corrected chi connectivity index (χ0v) is 9.40. The Morgan fingerprint density at radius 2 is 2.19 bits per heavy atom. The molecule has 0 radical (unpaired) electrons. The predicted molar refractivity (Wildman–Crippen MR) is 60.0 cm³/mol. The lowest BCUT2D eigenvalue weighted by atomic mass is 10.3. The van der Waals surface area contributed by atoms with E-state index in [0.717, 1.165) is 23.7 Å². The SMILES string of the molecule is CCc1cc(NCc2ncc(C)o2)ncn1. The van der Waals surface area contributed by atoms with E-state index < -0.39 is 0 Å². The molecule has 0 saturated heterocycles. The van der Waals surface area contributed by atoms with Crippen molar-refractivity contribution in [1.82, 2.24) is 15.0 Å². The van der Waals surface area contributed by atoms with Crippen LogP contribution in [0.3, 0.4) is 0 Å². The van der Waals surface area contributed by atoms with Gasteiger partial charge in [0.2, 0.25) is 5.89 Å². The van der Waals surface area contributed by atoms with Gasteiger partial charge in [-0.05, 0) is 13.3 Å². The van der Waals surface area contributed by atoms with Gasteiger partial charge in [0.15, 0.2) is 0 Å². The average Bonchev–Trinajstić information content (AvgIpc) is 2.73. The first kappa shape index (κ1) is 10.6. The van der Waals surface area contributed by atoms with E-state index in [1.165, 1.54) is 0 Å². The summed E-state index contributed by atoms with van der Waals surface area (Å²) in [5.41, 5.74) is 1.01. The fourth-order valence-corrected chi connectivity index (χ4v) is 1.34. The lowest BCUT2D eigenvalue weighted by molar-refractivity contribution is 0.479. The number of rotatable bonds is 4. The average molecular weight is 218 g/mol. The Balaban J connectivity index is 1.99. The van der Waals surface area contributed by atoms with Gasteiger partial charge in [-0.15, -0.1) is 0 Å². The predicted octanol–water partition coefficient (Wildman–Crippen LogP) is 1.95. The summed E-state index contributed by atoms with van der Waals surface area (Å²) in [5.74, 6) is 2.27. The van der Waals surface area contributed by atoms with Gasteiger partial charge < -0.3 is 9.73 Å². The molecule has 0 atom stereocenters. The Bertz CT molecular complexity index is 467. The highest BCUT2D eigenvalue weighted by Crippen LogP contribution is 2.07. The van der Waals surface area contributed by atoms with Gasteiger partial charge in [0, 0.05) is 11.8 Å². The summed E-state index contributed by atoms with van der Waals surface area (Å²) in [6.45, 7) is 4.47. The monoisotopic (exact) mass is 218 g/mol. The summed E-state index contributed by atoms with van der Waals surface area (Å²) in [6.07, 6.45) is 4.16. The van der Waals surface area contributed by atoms with Crippen molar-refractivity contribution in [3.63, 3.8) is 0 Å². The Labute approximate surface area is 94.0 Å². The van der Waals surface area contributed by atoms with Crippen LogP contribution in [-0.4, -0.2) is 15.0 Å². The van der Waals surface area contributed by atoms with Crippen LogP contribution in [0.5, 0.6) is 0 Å². The number of hydrogen-bond acceptors (Lipinski definition) is 5. The molecule has 0 fully saturated rings. The molecule has 2 rings (SSSR count). The van der Waals surface area contributed by atoms with Crippen LogP contribution in [0.1, 0.15) is 24.3 Å². The summed E-state index contributed by atoms with van der Waals surface area (Å²) in [6, 6.07) is 1.93. The number of nitrogens with one attached hydrogen (secondary N) is 1. The van der Waals surface area contributed by atoms with Crippen LogP contribution in [-0.2, 0) is 13.0 Å². The molecule has 0 amide bonds. The van der Waals surface area contributed by atoms with Crippen molar-refractivity contribution in [1.29, 1.82) is 0 Å². The molecule has 0 aliphatic rings. The van der Waals surface area contributed by atoms with Crippen LogP contribution in [0.4, 0.5) is 5.82 Å². The summed E-state index contributed by atoms with van der Waals surface area (Å²) >= 11 is 0. The summed E-state index contributed by atoms with van der Waals surface area (Å²) in [4.78, 5) is 12.3. The van der Waals surface area contributed by atoms with Crippen molar-refractivity contribution in [2.24, 2.45) is 0 Å². The highest BCUT2D eigenvalue weighted by atomic mass is 16.4. The maximum absolute atomic E-state index is 5.34. The van der Waals surface area contributed by atoms with Gasteiger partial charge >= 0.3 is 0 Å². The highest BCUT2D eigenvalue weighted by Gasteiger charge is 2.01. The van der Waals surface area contributed by atoms with Crippen LogP contribution in [0.15, 0.2) is 23.0 Å². The summed E-state index contributed by atoms with van der Waals surface area (Å²) in [5, 5.41) is 3.14. The Hall–Kier alpha value is -1.91. The Morgan fingerprint density at radius 3 is 2.88 bits per heavy atom. The molecule has 0 aromatic carbocycles. The van der Waals surface area contributed by atoms with E-state index in [9.17, 15) is 0 Å². The first-order valence-electron chi connectivity index (χ1n) is 5.24. The second-order valence-electron chi connectivity index (χ2n) is 3.47. The van der Waals surface area contributed by atoms with E-state index in [1.807, 2.05) is 13.0 Å². The molecule has 5 heteroatoms. The van der Waals surface area contributed by atoms with Gasteiger partial charge in [-0.1, -0.05) is 6.92 Å². The van der Waals surface area contributed by atoms with Crippen LogP contribution >= 0.6 is 0 Å². The van der Waals surface area contributed by atoms with Crippen LogP contribution < -0.4 is 5.32 Å². The molecule has 0 aliphatic heterocycles. The molecule has 0 bridgehead atoms. The van der Waals surface area contributed by atoms with Crippen molar-refractivity contribution in [3.8, 4) is 0 Å². The zero-order chi connectivity index (χ0) is 11.4. The maximum Gasteiger partial charge on any atom is 0.213 e. The van der Waals surface area contributed by atoms with Gasteiger partial charge in [0.25, 0.3) is 0 Å². The number of nitrogens with zero attached hydrogens (tertiary/aromatic N) is 3. The fraction of sp³-hybridized carbons (Fsp3) is 0.364. The molecule has 2 aromatic heterocycles. The number of aryl methyl sites for hydroxylation is 2. The molecule has 16 heavy (non-hydrogen) atoms. The third-order valence-corrected chi connectivity index (χ3v) is 2.18. The molecule has 0 saturated carbocycles. The van der Waals surface area contributed by atoms with Gasteiger partial charge in [-0.3, -0.25) is 0 Å². The number of hydrogen-bond donors (Lipinski definition) is 1. The van der Waals surface area contributed by atoms with E-state index in [4.69, 9.17) is 4.42 Å². The quantitative estimate of drug-likeness (QED) is 0.849. The lowest BCUT2D eigenvalue weighted by Gasteiger charge is -2.03. The largest absolute Gasteiger partial charge is 0.444 e. The first-order valence-corrected chi connectivity index (χ1v) is 5.24. The van der Waals surface area contributed by atoms with E-state index in [-0.39, 0.29) is 0 Å². The van der Waals surface area contributed by atoms with E-state index in [0.29, 0.717) is 12.4 Å². The second-order valence-corrected chi connectivity index (χ2v) is 3.47. The molecule has 0 unspecified atom stereocenters. The van der Waals surface area contributed by atoms with Gasteiger partial charge in [-0.2, -0.15) is 0 Å². The molecule has 0 aliphatic carbocycles. The van der Waals surface area contributed by atoms with E-state index in [1.54, 1.807) is 12.5 Å². The van der Waals surface area contributed by atoms with Gasteiger partial charge in [0.05, 0.1) is 12.7 Å². The smallest absolute Gasteiger partial charge is 0.213 e. The van der Waals surface area contributed by atoms with E-state index in [2.05, 4.69) is 27.2 Å². The molecular formula is C11H14N4O. The Kier molecular flexibility index (Phi) is 3.14. The molecule has 2 heterocycles. The molecule has 1 N–H and O–H groups in total. The van der Waals surface area contributed by atoms with Crippen molar-refractivity contribution >= 4 is 5.82 Å². The number of oxazole rings is 1. The van der Waals surface area contributed by atoms with Gasteiger partial charge in [-0.25, -0.2) is 15.0 Å². The highest BCUT2D eigenvalue weighted by molar-refractivity contribution is 5.34. The number of aromatic nitrogens is 3. The molecular weight excluding hydrogens is 204 g/mol. The molecule has 0 spiro atoms. The normalized spacial score (nSPS) is 10.4. The molecule has 2 aromatic rings. The van der Waals surface area contributed by atoms with Crippen LogP contribution in [0.2, 0.25) is 0 Å². The fourth-order valence-electron chi connectivity index (χ4n) is 1.34. The third-order valence-electron chi connectivity index (χ3n) is 2.18. The zero-order valence-electron chi connectivity index (χ0n) is 9.40. The summed E-state index contributed by atoms with van der Waals surface area (Å²) in [7, 11) is 0. The second kappa shape index (κ2) is 4.74. The maximum atomic E-state index is 5.34. The minimum Gasteiger partial charge on any atom is -0.444 e. The number of anilines is 1. The first-order chi connectivity index (χ1) is 7.78. The minimum absolute atomic E-state index is 0.536.